The molecule has 0 rings (SSSR count). The van der Waals surface area contributed by atoms with E-state index < -0.39 is 78.4 Å². The molecule has 0 radical (unpaired) electrons. The van der Waals surface area contributed by atoms with Gasteiger partial charge in [0.2, 0.25) is 0 Å². The summed E-state index contributed by atoms with van der Waals surface area (Å²) in [5, 5.41) is 29.9. The second-order valence-electron chi connectivity index (χ2n) is 15.4. The van der Waals surface area contributed by atoms with E-state index in [1.54, 1.807) is 24.3 Å². The van der Waals surface area contributed by atoms with Crippen molar-refractivity contribution in [3.8, 4) is 0 Å². The van der Waals surface area contributed by atoms with Gasteiger partial charge in [0.05, 0.1) is 32.0 Å². The van der Waals surface area contributed by atoms with Crippen molar-refractivity contribution in [2.75, 3.05) is 26.4 Å². The standard InChI is InChI=1S/C48H80O15P2/c1-3-5-7-8-9-10-11-12-13-14-15-16-17-18-19-20-24-27-31-37-48(53)63-46(42-62-65(57,58)61-40-45(51)39-60-64(54,55)56)41-59-47(52)38-32-36-44(50)35-30-26-23-21-22-25-29-34-43(49)33-28-6-4-2/h9-10,12-13,15-16,18-19,22-23,25-26,29-30,34-35,43-46,49-51H,3-8,11,14,17,20-21,24,27-28,31-33,36-42H2,1-2H3,(H,57,58)(H2,54,55,56)/b10-9-,13-12-,16-15-,19-18-,25-22-,26-23-,34-29+,35-30+/t43-,44-,45-,46+/m0/s1. The number of aliphatic hydroxyl groups excluding tert-OH is 3. The molecule has 0 heterocycles. The average molecular weight is 959 g/mol. The van der Waals surface area contributed by atoms with Crippen LogP contribution in [0.3, 0.4) is 0 Å². The molecule has 0 aliphatic carbocycles. The first-order valence-electron chi connectivity index (χ1n) is 23.1. The lowest BCUT2D eigenvalue weighted by Gasteiger charge is -2.20. The van der Waals surface area contributed by atoms with Gasteiger partial charge in [-0.2, -0.15) is 0 Å². The monoisotopic (exact) mass is 958 g/mol. The lowest BCUT2D eigenvalue weighted by molar-refractivity contribution is -0.161. The van der Waals surface area contributed by atoms with E-state index in [0.717, 1.165) is 70.6 Å². The molecule has 65 heavy (non-hydrogen) atoms. The third-order valence-electron chi connectivity index (χ3n) is 9.14. The first-order chi connectivity index (χ1) is 31.2. The van der Waals surface area contributed by atoms with Gasteiger partial charge in [-0.1, -0.05) is 150 Å². The van der Waals surface area contributed by atoms with Crippen molar-refractivity contribution in [2.45, 2.75) is 167 Å². The van der Waals surface area contributed by atoms with E-state index in [0.29, 0.717) is 12.8 Å². The number of rotatable bonds is 42. The fourth-order valence-corrected chi connectivity index (χ4v) is 6.70. The second-order valence-corrected chi connectivity index (χ2v) is 18.1. The summed E-state index contributed by atoms with van der Waals surface area (Å²) in [4.78, 5) is 52.8. The molecule has 15 nitrogen and oxygen atoms in total. The van der Waals surface area contributed by atoms with Crippen molar-refractivity contribution in [1.82, 2.24) is 0 Å². The zero-order valence-corrected chi connectivity index (χ0v) is 40.6. The van der Waals surface area contributed by atoms with Gasteiger partial charge in [0.1, 0.15) is 12.7 Å². The highest BCUT2D eigenvalue weighted by Gasteiger charge is 2.28. The van der Waals surface area contributed by atoms with Crippen LogP contribution >= 0.6 is 15.6 Å². The molecule has 0 bridgehead atoms. The summed E-state index contributed by atoms with van der Waals surface area (Å²) < 4.78 is 47.6. The molecular formula is C48H80O15P2. The molecule has 0 amide bonds. The zero-order chi connectivity index (χ0) is 48.3. The average Bonchev–Trinajstić information content (AvgIpc) is 3.26. The molecular weight excluding hydrogens is 878 g/mol. The van der Waals surface area contributed by atoms with Crippen LogP contribution in [0.2, 0.25) is 0 Å². The summed E-state index contributed by atoms with van der Waals surface area (Å²) in [6, 6.07) is 0. The Bertz CT molecular complexity index is 1550. The highest BCUT2D eigenvalue weighted by molar-refractivity contribution is 7.47. The Balaban J connectivity index is 4.79. The van der Waals surface area contributed by atoms with Crippen molar-refractivity contribution in [3.63, 3.8) is 0 Å². The quantitative estimate of drug-likeness (QED) is 0.0110. The number of carbonyl (C=O) groups excluding carboxylic acids is 2. The Labute approximate surface area is 388 Å². The SMILES string of the molecule is CCCCC/C=C\C/C=C\C/C=C\C/C=C\CCCCCC(=O)O[C@H](COC(=O)CCC[C@@H](O)/C=C/C=C\C/C=C\C=C\[C@@H](O)CCCCC)COP(=O)(O)OC[C@@H](O)COP(=O)(O)O. The van der Waals surface area contributed by atoms with E-state index >= 15 is 0 Å². The number of hydrogen-bond donors (Lipinski definition) is 6. The summed E-state index contributed by atoms with van der Waals surface area (Å²) in [6.45, 7) is 1.32. The van der Waals surface area contributed by atoms with Crippen LogP contribution in [0.1, 0.15) is 142 Å². The number of carbonyl (C=O) groups is 2. The normalized spacial score (nSPS) is 15.8. The van der Waals surface area contributed by atoms with Crippen molar-refractivity contribution in [3.05, 3.63) is 97.2 Å². The van der Waals surface area contributed by atoms with Crippen molar-refractivity contribution in [1.29, 1.82) is 0 Å². The zero-order valence-electron chi connectivity index (χ0n) is 38.8. The molecule has 0 aromatic carbocycles. The Morgan fingerprint density at radius 1 is 0.508 bits per heavy atom. The van der Waals surface area contributed by atoms with Crippen LogP contribution in [0.4, 0.5) is 0 Å². The third-order valence-corrected chi connectivity index (χ3v) is 10.6. The van der Waals surface area contributed by atoms with Gasteiger partial charge in [0.25, 0.3) is 0 Å². The van der Waals surface area contributed by atoms with E-state index in [-0.39, 0.29) is 25.7 Å². The Hall–Kier alpha value is -3.04. The maximum absolute atomic E-state index is 12.7. The van der Waals surface area contributed by atoms with Crippen LogP contribution in [-0.2, 0) is 41.8 Å². The number of allylic oxidation sites excluding steroid dienone is 14. The van der Waals surface area contributed by atoms with Crippen LogP contribution in [0.5, 0.6) is 0 Å². The fourth-order valence-electron chi connectivity index (χ4n) is 5.54. The van der Waals surface area contributed by atoms with Gasteiger partial charge in [-0.3, -0.25) is 23.2 Å². The molecule has 0 fully saturated rings. The Morgan fingerprint density at radius 3 is 1.55 bits per heavy atom. The minimum absolute atomic E-state index is 0.0387. The minimum Gasteiger partial charge on any atom is -0.462 e. The fraction of sp³-hybridized carbons (Fsp3) is 0.625. The lowest BCUT2D eigenvalue weighted by atomic mass is 10.1. The first-order valence-corrected chi connectivity index (χ1v) is 26.2. The van der Waals surface area contributed by atoms with Gasteiger partial charge < -0.3 is 39.5 Å². The summed E-state index contributed by atoms with van der Waals surface area (Å²) >= 11 is 0. The van der Waals surface area contributed by atoms with E-state index in [2.05, 4.69) is 71.5 Å². The number of unbranched alkanes of at least 4 members (excludes halogenated alkanes) is 8. The maximum atomic E-state index is 12.7. The predicted molar refractivity (Wildman–Crippen MR) is 255 cm³/mol. The summed E-state index contributed by atoms with van der Waals surface area (Å²) in [5.74, 6) is -1.30. The number of esters is 2. The van der Waals surface area contributed by atoms with Crippen LogP contribution in [0.25, 0.3) is 0 Å². The van der Waals surface area contributed by atoms with E-state index in [4.69, 9.17) is 23.8 Å². The molecule has 0 aliphatic heterocycles. The second kappa shape index (κ2) is 42.3. The largest absolute Gasteiger partial charge is 0.472 e. The molecule has 0 saturated carbocycles. The maximum Gasteiger partial charge on any atom is 0.472 e. The Morgan fingerprint density at radius 2 is 0.985 bits per heavy atom. The molecule has 6 N–H and O–H groups in total. The molecule has 17 heteroatoms. The molecule has 0 aliphatic rings. The van der Waals surface area contributed by atoms with Gasteiger partial charge in [0, 0.05) is 12.8 Å². The highest BCUT2D eigenvalue weighted by atomic mass is 31.2. The van der Waals surface area contributed by atoms with Crippen LogP contribution < -0.4 is 0 Å². The lowest BCUT2D eigenvalue weighted by Crippen LogP contribution is -2.30. The van der Waals surface area contributed by atoms with E-state index in [1.807, 2.05) is 24.3 Å². The third kappa shape index (κ3) is 45.9. The number of phosphoric ester groups is 2. The number of ether oxygens (including phenoxy) is 2. The number of hydrogen-bond acceptors (Lipinski definition) is 12. The van der Waals surface area contributed by atoms with E-state index in [1.165, 1.54) is 19.3 Å². The predicted octanol–water partition coefficient (Wildman–Crippen LogP) is 10.1. The topological polar surface area (TPSA) is 236 Å². The number of aliphatic hydroxyl groups is 3. The molecule has 372 valence electrons. The van der Waals surface area contributed by atoms with Crippen LogP contribution in [-0.4, -0.2) is 92.8 Å². The molecule has 5 atom stereocenters. The van der Waals surface area contributed by atoms with E-state index in [9.17, 15) is 38.9 Å². The Kier molecular flexibility index (Phi) is 40.3. The van der Waals surface area contributed by atoms with Gasteiger partial charge >= 0.3 is 27.6 Å². The van der Waals surface area contributed by atoms with Crippen LogP contribution in [0.15, 0.2) is 97.2 Å². The van der Waals surface area contributed by atoms with Crippen molar-refractivity contribution < 1.29 is 71.8 Å². The van der Waals surface area contributed by atoms with Gasteiger partial charge in [-0.05, 0) is 77.0 Å². The summed E-state index contributed by atoms with van der Waals surface area (Å²) in [6.07, 6.45) is 43.2. The summed E-state index contributed by atoms with van der Waals surface area (Å²) in [5.41, 5.74) is 0. The van der Waals surface area contributed by atoms with Gasteiger partial charge in [0.15, 0.2) is 6.10 Å². The minimum atomic E-state index is -4.90. The first kappa shape index (κ1) is 62.0. The highest BCUT2D eigenvalue weighted by Crippen LogP contribution is 2.43. The molecule has 1 unspecified atom stereocenters. The van der Waals surface area contributed by atoms with Crippen molar-refractivity contribution in [2.24, 2.45) is 0 Å². The summed E-state index contributed by atoms with van der Waals surface area (Å²) in [7, 11) is -9.78. The van der Waals surface area contributed by atoms with Gasteiger partial charge in [-0.25, -0.2) is 9.13 Å². The smallest absolute Gasteiger partial charge is 0.462 e. The van der Waals surface area contributed by atoms with Crippen LogP contribution in [0, 0.1) is 0 Å². The molecule has 0 saturated heterocycles. The molecule has 0 aromatic rings. The molecule has 0 spiro atoms. The molecule has 0 aromatic heterocycles. The van der Waals surface area contributed by atoms with Gasteiger partial charge in [-0.15, -0.1) is 0 Å². The van der Waals surface area contributed by atoms with Crippen molar-refractivity contribution >= 4 is 27.6 Å². The number of phosphoric acid groups is 2.